The zero-order valence-electron chi connectivity index (χ0n) is 17.8. The normalized spacial score (nSPS) is 13.9. The van der Waals surface area contributed by atoms with E-state index >= 15 is 0 Å². The first-order valence-electron chi connectivity index (χ1n) is 11.3. The molecule has 0 unspecified atom stereocenters. The molecule has 0 saturated heterocycles. The van der Waals surface area contributed by atoms with Gasteiger partial charge in [-0.15, -0.1) is 0 Å². The first-order valence-corrected chi connectivity index (χ1v) is 11.3. The quantitative estimate of drug-likeness (QED) is 0.427. The molecule has 1 fully saturated rings. The number of hydroxylamine groups is 1. The SMILES string of the molecule is O=C(Cc1ccc(CCCCc2ccccc2)cc1)NOC(=O)CCC1CCCC1. The molecule has 1 aliphatic rings. The van der Waals surface area contributed by atoms with Gasteiger partial charge in [0.1, 0.15) is 0 Å². The average Bonchev–Trinajstić information content (AvgIpc) is 3.29. The second-order valence-electron chi connectivity index (χ2n) is 8.37. The molecule has 0 spiro atoms. The van der Waals surface area contributed by atoms with Crippen molar-refractivity contribution in [2.24, 2.45) is 5.92 Å². The van der Waals surface area contributed by atoms with Crippen LogP contribution in [0, 0.1) is 5.92 Å². The molecule has 0 atom stereocenters. The molecule has 1 saturated carbocycles. The lowest BCUT2D eigenvalue weighted by Gasteiger charge is -2.09. The van der Waals surface area contributed by atoms with Crippen LogP contribution in [-0.2, 0) is 33.7 Å². The van der Waals surface area contributed by atoms with Crippen LogP contribution in [0.5, 0.6) is 0 Å². The zero-order chi connectivity index (χ0) is 21.0. The van der Waals surface area contributed by atoms with E-state index in [0.717, 1.165) is 31.2 Å². The first kappa shape index (κ1) is 22.1. The molecule has 0 radical (unpaired) electrons. The minimum atomic E-state index is -0.346. The largest absolute Gasteiger partial charge is 0.341 e. The molecule has 4 nitrogen and oxygen atoms in total. The molecule has 1 N–H and O–H groups in total. The van der Waals surface area contributed by atoms with E-state index in [1.807, 2.05) is 18.2 Å². The van der Waals surface area contributed by atoms with Gasteiger partial charge < -0.3 is 4.84 Å². The van der Waals surface area contributed by atoms with Crippen LogP contribution in [0.15, 0.2) is 54.6 Å². The fraction of sp³-hybridized carbons (Fsp3) is 0.462. The summed E-state index contributed by atoms with van der Waals surface area (Å²) in [7, 11) is 0. The summed E-state index contributed by atoms with van der Waals surface area (Å²) in [4.78, 5) is 28.7. The molecule has 3 rings (SSSR count). The van der Waals surface area contributed by atoms with Gasteiger partial charge in [-0.3, -0.25) is 4.79 Å². The summed E-state index contributed by atoms with van der Waals surface area (Å²) in [6, 6.07) is 18.7. The Morgan fingerprint density at radius 3 is 2.10 bits per heavy atom. The van der Waals surface area contributed by atoms with Crippen LogP contribution in [0.4, 0.5) is 0 Å². The maximum absolute atomic E-state index is 12.0. The van der Waals surface area contributed by atoms with Gasteiger partial charge in [0, 0.05) is 6.42 Å². The number of rotatable bonds is 10. The minimum absolute atomic E-state index is 0.212. The maximum atomic E-state index is 12.0. The van der Waals surface area contributed by atoms with Gasteiger partial charge in [0.05, 0.1) is 6.42 Å². The van der Waals surface area contributed by atoms with Crippen molar-refractivity contribution in [3.63, 3.8) is 0 Å². The van der Waals surface area contributed by atoms with Crippen LogP contribution >= 0.6 is 0 Å². The molecular formula is C26H33NO3. The number of hydrogen-bond donors (Lipinski definition) is 1. The predicted molar refractivity (Wildman–Crippen MR) is 119 cm³/mol. The number of carbonyl (C=O) groups excluding carboxylic acids is 2. The molecule has 0 bridgehead atoms. The summed E-state index contributed by atoms with van der Waals surface area (Å²) in [6.07, 6.45) is 10.9. The second kappa shape index (κ2) is 12.2. The van der Waals surface area contributed by atoms with E-state index in [4.69, 9.17) is 4.84 Å². The Labute approximate surface area is 180 Å². The van der Waals surface area contributed by atoms with Crippen molar-refractivity contribution in [1.29, 1.82) is 0 Å². The van der Waals surface area contributed by atoms with Crippen molar-refractivity contribution in [1.82, 2.24) is 5.48 Å². The second-order valence-corrected chi connectivity index (χ2v) is 8.37. The average molecular weight is 408 g/mol. The molecule has 1 aliphatic carbocycles. The number of unbranched alkanes of at least 4 members (excludes halogenated alkanes) is 1. The number of benzene rings is 2. The highest BCUT2D eigenvalue weighted by molar-refractivity contribution is 5.79. The molecule has 4 heteroatoms. The third kappa shape index (κ3) is 8.02. The Hall–Kier alpha value is -2.62. The van der Waals surface area contributed by atoms with Crippen molar-refractivity contribution < 1.29 is 14.4 Å². The minimum Gasteiger partial charge on any atom is -0.341 e. The van der Waals surface area contributed by atoms with E-state index in [9.17, 15) is 9.59 Å². The number of amides is 1. The summed E-state index contributed by atoms with van der Waals surface area (Å²) < 4.78 is 0. The van der Waals surface area contributed by atoms with Crippen LogP contribution in [0.3, 0.4) is 0 Å². The lowest BCUT2D eigenvalue weighted by atomic mass is 10.0. The van der Waals surface area contributed by atoms with Crippen molar-refractivity contribution in [2.45, 2.75) is 70.6 Å². The Balaban J connectivity index is 1.29. The van der Waals surface area contributed by atoms with E-state index in [0.29, 0.717) is 12.3 Å². The third-order valence-electron chi connectivity index (χ3n) is 5.92. The number of nitrogens with one attached hydrogen (secondary N) is 1. The highest BCUT2D eigenvalue weighted by Crippen LogP contribution is 2.28. The molecule has 0 aliphatic heterocycles. The topological polar surface area (TPSA) is 55.4 Å². The number of hydrogen-bond acceptors (Lipinski definition) is 3. The van der Waals surface area contributed by atoms with Crippen LogP contribution in [0.25, 0.3) is 0 Å². The van der Waals surface area contributed by atoms with E-state index in [1.165, 1.54) is 43.2 Å². The van der Waals surface area contributed by atoms with Crippen LogP contribution < -0.4 is 5.48 Å². The van der Waals surface area contributed by atoms with Gasteiger partial charge in [-0.1, -0.05) is 80.3 Å². The summed E-state index contributed by atoms with van der Waals surface area (Å²) >= 11 is 0. The van der Waals surface area contributed by atoms with Crippen LogP contribution in [0.2, 0.25) is 0 Å². The maximum Gasteiger partial charge on any atom is 0.332 e. The van der Waals surface area contributed by atoms with Gasteiger partial charge in [-0.2, -0.15) is 5.48 Å². The lowest BCUT2D eigenvalue weighted by molar-refractivity contribution is -0.158. The number of carbonyl (C=O) groups is 2. The fourth-order valence-electron chi connectivity index (χ4n) is 4.13. The number of aryl methyl sites for hydroxylation is 2. The highest BCUT2D eigenvalue weighted by Gasteiger charge is 2.17. The summed E-state index contributed by atoms with van der Waals surface area (Å²) in [5.41, 5.74) is 5.88. The van der Waals surface area contributed by atoms with E-state index in [1.54, 1.807) is 0 Å². The Bertz CT molecular complexity index is 780. The molecule has 0 aromatic heterocycles. The monoisotopic (exact) mass is 407 g/mol. The van der Waals surface area contributed by atoms with Crippen molar-refractivity contribution in [3.05, 3.63) is 71.3 Å². The smallest absolute Gasteiger partial charge is 0.332 e. The summed E-state index contributed by atoms with van der Waals surface area (Å²) in [6.45, 7) is 0. The van der Waals surface area contributed by atoms with Crippen LogP contribution in [0.1, 0.15) is 68.1 Å². The van der Waals surface area contributed by atoms with Crippen molar-refractivity contribution in [2.75, 3.05) is 0 Å². The van der Waals surface area contributed by atoms with Gasteiger partial charge in [-0.05, 0) is 54.7 Å². The van der Waals surface area contributed by atoms with Gasteiger partial charge in [0.2, 0.25) is 0 Å². The van der Waals surface area contributed by atoms with E-state index in [-0.39, 0.29) is 18.3 Å². The molecule has 1 amide bonds. The summed E-state index contributed by atoms with van der Waals surface area (Å²) in [5.74, 6) is 0.00559. The fourth-order valence-corrected chi connectivity index (χ4v) is 4.13. The zero-order valence-corrected chi connectivity index (χ0v) is 17.8. The Kier molecular flexibility index (Phi) is 8.95. The van der Waals surface area contributed by atoms with Gasteiger partial charge in [0.25, 0.3) is 5.91 Å². The Morgan fingerprint density at radius 2 is 1.43 bits per heavy atom. The van der Waals surface area contributed by atoms with Crippen LogP contribution in [-0.4, -0.2) is 11.9 Å². The molecule has 160 valence electrons. The van der Waals surface area contributed by atoms with Gasteiger partial charge in [0.15, 0.2) is 0 Å². The predicted octanol–water partition coefficient (Wildman–Crippen LogP) is 5.34. The molecular weight excluding hydrogens is 374 g/mol. The van der Waals surface area contributed by atoms with E-state index < -0.39 is 0 Å². The van der Waals surface area contributed by atoms with Crippen molar-refractivity contribution >= 4 is 11.9 Å². The molecule has 2 aromatic carbocycles. The molecule has 2 aromatic rings. The van der Waals surface area contributed by atoms with Gasteiger partial charge >= 0.3 is 5.97 Å². The van der Waals surface area contributed by atoms with E-state index in [2.05, 4.69) is 41.9 Å². The first-order chi connectivity index (χ1) is 14.7. The van der Waals surface area contributed by atoms with Gasteiger partial charge in [-0.25, -0.2) is 4.79 Å². The third-order valence-corrected chi connectivity index (χ3v) is 5.92. The standard InChI is InChI=1S/C26H33NO3/c28-25(27-30-26(29)19-18-22-11-5-6-12-22)20-24-16-14-23(15-17-24)13-7-4-10-21-8-2-1-3-9-21/h1-3,8-9,14-17,22H,4-7,10-13,18-20H2,(H,27,28). The van der Waals surface area contributed by atoms with Crippen molar-refractivity contribution in [3.8, 4) is 0 Å². The molecule has 0 heterocycles. The highest BCUT2D eigenvalue weighted by atomic mass is 16.7. The lowest BCUT2D eigenvalue weighted by Crippen LogP contribution is -2.28. The summed E-state index contributed by atoms with van der Waals surface area (Å²) in [5, 5.41) is 0. The molecule has 30 heavy (non-hydrogen) atoms. The Morgan fingerprint density at radius 1 is 0.833 bits per heavy atom.